The molecule has 1 aromatic carbocycles. The number of fused-ring (bicyclic) bond motifs is 1. The SMILES string of the molecule is C=C1CCC(O)CC1=CC=C1CCCC2(C)C1CCC2C(C)Cc1cccc(O)c1. The molecule has 4 rings (SSSR count). The van der Waals surface area contributed by atoms with Gasteiger partial charge in [0.15, 0.2) is 0 Å². The molecule has 3 fully saturated rings. The van der Waals surface area contributed by atoms with Crippen molar-refractivity contribution < 1.29 is 10.2 Å². The molecule has 1 aromatic rings. The average Bonchev–Trinajstić information content (AvgIpc) is 3.06. The smallest absolute Gasteiger partial charge is 0.115 e. The number of hydrogen-bond acceptors (Lipinski definition) is 2. The highest BCUT2D eigenvalue weighted by Gasteiger charge is 2.50. The molecule has 0 heterocycles. The van der Waals surface area contributed by atoms with Crippen molar-refractivity contribution in [2.24, 2.45) is 23.2 Å². The Morgan fingerprint density at radius 2 is 2.03 bits per heavy atom. The number of benzene rings is 1. The Labute approximate surface area is 182 Å². The van der Waals surface area contributed by atoms with Crippen LogP contribution in [0, 0.1) is 23.2 Å². The molecule has 0 saturated heterocycles. The van der Waals surface area contributed by atoms with Crippen LogP contribution in [0.25, 0.3) is 0 Å². The summed E-state index contributed by atoms with van der Waals surface area (Å²) in [4.78, 5) is 0. The van der Waals surface area contributed by atoms with Crippen LogP contribution in [0.4, 0.5) is 0 Å². The van der Waals surface area contributed by atoms with E-state index >= 15 is 0 Å². The Balaban J connectivity index is 1.51. The first-order valence-electron chi connectivity index (χ1n) is 11.9. The van der Waals surface area contributed by atoms with E-state index in [1.54, 1.807) is 11.6 Å². The molecule has 2 heteroatoms. The highest BCUT2D eigenvalue weighted by Crippen LogP contribution is 2.59. The van der Waals surface area contributed by atoms with Crippen LogP contribution < -0.4 is 0 Å². The van der Waals surface area contributed by atoms with Crippen LogP contribution in [-0.4, -0.2) is 16.3 Å². The predicted octanol–water partition coefficient (Wildman–Crippen LogP) is 6.74. The van der Waals surface area contributed by atoms with Crippen molar-refractivity contribution in [2.75, 3.05) is 0 Å². The normalized spacial score (nSPS) is 35.6. The second kappa shape index (κ2) is 8.75. The fourth-order valence-corrected chi connectivity index (χ4v) is 6.81. The average molecular weight is 407 g/mol. The lowest BCUT2D eigenvalue weighted by Crippen LogP contribution is -2.36. The maximum atomic E-state index is 10.0. The summed E-state index contributed by atoms with van der Waals surface area (Å²) < 4.78 is 0. The highest BCUT2D eigenvalue weighted by atomic mass is 16.3. The summed E-state index contributed by atoms with van der Waals surface area (Å²) in [7, 11) is 0. The lowest BCUT2D eigenvalue weighted by Gasteiger charge is -2.44. The van der Waals surface area contributed by atoms with Crippen LogP contribution in [0.3, 0.4) is 0 Å². The number of aromatic hydroxyl groups is 1. The Kier molecular flexibility index (Phi) is 6.25. The molecular formula is C28H38O2. The van der Waals surface area contributed by atoms with Crippen molar-refractivity contribution in [3.63, 3.8) is 0 Å². The van der Waals surface area contributed by atoms with E-state index in [4.69, 9.17) is 0 Å². The van der Waals surface area contributed by atoms with Gasteiger partial charge in [-0.3, -0.25) is 0 Å². The number of aliphatic hydroxyl groups excluding tert-OH is 1. The van der Waals surface area contributed by atoms with Gasteiger partial charge in [0, 0.05) is 0 Å². The van der Waals surface area contributed by atoms with Gasteiger partial charge in [0.2, 0.25) is 0 Å². The zero-order valence-electron chi connectivity index (χ0n) is 18.7. The Bertz CT molecular complexity index is 848. The van der Waals surface area contributed by atoms with Gasteiger partial charge < -0.3 is 10.2 Å². The summed E-state index contributed by atoms with van der Waals surface area (Å²) >= 11 is 0. The minimum absolute atomic E-state index is 0.203. The number of allylic oxidation sites excluding steroid dienone is 4. The van der Waals surface area contributed by atoms with Gasteiger partial charge in [-0.1, -0.05) is 55.9 Å². The van der Waals surface area contributed by atoms with Gasteiger partial charge in [0.25, 0.3) is 0 Å². The van der Waals surface area contributed by atoms with Crippen LogP contribution in [-0.2, 0) is 6.42 Å². The lowest BCUT2D eigenvalue weighted by atomic mass is 9.60. The number of rotatable bonds is 4. The number of phenols is 1. The lowest BCUT2D eigenvalue weighted by molar-refractivity contribution is 0.0975. The van der Waals surface area contributed by atoms with E-state index in [1.165, 1.54) is 48.8 Å². The monoisotopic (exact) mass is 406 g/mol. The highest BCUT2D eigenvalue weighted by molar-refractivity contribution is 5.36. The largest absolute Gasteiger partial charge is 0.508 e. The molecule has 0 amide bonds. The van der Waals surface area contributed by atoms with Gasteiger partial charge in [0.05, 0.1) is 6.10 Å². The van der Waals surface area contributed by atoms with Crippen molar-refractivity contribution in [1.29, 1.82) is 0 Å². The van der Waals surface area contributed by atoms with Crippen LogP contribution in [0.1, 0.15) is 70.8 Å². The van der Waals surface area contributed by atoms with Crippen molar-refractivity contribution in [3.8, 4) is 5.75 Å². The molecule has 30 heavy (non-hydrogen) atoms. The molecule has 0 spiro atoms. The van der Waals surface area contributed by atoms with E-state index in [0.29, 0.717) is 23.0 Å². The van der Waals surface area contributed by atoms with Crippen molar-refractivity contribution in [1.82, 2.24) is 0 Å². The molecule has 0 radical (unpaired) electrons. The molecule has 5 unspecified atom stereocenters. The summed E-state index contributed by atoms with van der Waals surface area (Å²) in [5.41, 5.74) is 5.71. The summed E-state index contributed by atoms with van der Waals surface area (Å²) in [5, 5.41) is 19.9. The van der Waals surface area contributed by atoms with Gasteiger partial charge >= 0.3 is 0 Å². The Morgan fingerprint density at radius 3 is 2.83 bits per heavy atom. The second-order valence-corrected chi connectivity index (χ2v) is 10.4. The van der Waals surface area contributed by atoms with Gasteiger partial charge in [-0.25, -0.2) is 0 Å². The Hall–Kier alpha value is -1.80. The molecule has 3 saturated carbocycles. The molecule has 2 nitrogen and oxygen atoms in total. The zero-order valence-corrected chi connectivity index (χ0v) is 18.7. The first-order valence-corrected chi connectivity index (χ1v) is 11.9. The fourth-order valence-electron chi connectivity index (χ4n) is 6.81. The third-order valence-electron chi connectivity index (χ3n) is 8.38. The van der Waals surface area contributed by atoms with Crippen LogP contribution in [0.15, 0.2) is 59.7 Å². The van der Waals surface area contributed by atoms with E-state index in [0.717, 1.165) is 31.6 Å². The molecule has 0 aromatic heterocycles. The maximum Gasteiger partial charge on any atom is 0.115 e. The van der Waals surface area contributed by atoms with Crippen LogP contribution in [0.5, 0.6) is 5.75 Å². The molecular weight excluding hydrogens is 368 g/mol. The summed E-state index contributed by atoms with van der Waals surface area (Å²) in [5.74, 6) is 2.41. The van der Waals surface area contributed by atoms with Crippen molar-refractivity contribution >= 4 is 0 Å². The third kappa shape index (κ3) is 4.30. The first-order chi connectivity index (χ1) is 14.4. The van der Waals surface area contributed by atoms with E-state index in [2.05, 4.69) is 38.6 Å². The molecule has 3 aliphatic rings. The molecule has 5 atom stereocenters. The summed E-state index contributed by atoms with van der Waals surface area (Å²) in [6, 6.07) is 7.79. The second-order valence-electron chi connectivity index (χ2n) is 10.4. The molecule has 0 bridgehead atoms. The van der Waals surface area contributed by atoms with E-state index < -0.39 is 0 Å². The zero-order chi connectivity index (χ0) is 21.3. The first kappa shape index (κ1) is 21.4. The van der Waals surface area contributed by atoms with Gasteiger partial charge in [0.1, 0.15) is 5.75 Å². The number of phenolic OH excluding ortho intramolecular Hbond substituents is 1. The minimum Gasteiger partial charge on any atom is -0.508 e. The van der Waals surface area contributed by atoms with Crippen molar-refractivity contribution in [3.05, 3.63) is 65.3 Å². The molecule has 162 valence electrons. The third-order valence-corrected chi connectivity index (χ3v) is 8.38. The van der Waals surface area contributed by atoms with E-state index in [9.17, 15) is 10.2 Å². The fraction of sp³-hybridized carbons (Fsp3) is 0.571. The molecule has 0 aliphatic heterocycles. The van der Waals surface area contributed by atoms with Gasteiger partial charge in [-0.05, 0) is 104 Å². The van der Waals surface area contributed by atoms with Gasteiger partial charge in [-0.15, -0.1) is 0 Å². The Morgan fingerprint density at radius 1 is 1.20 bits per heavy atom. The standard InChI is InChI=1S/C28H38O2/c1-19-9-12-25(30)18-23(19)11-10-22-7-5-15-28(3)26(13-14-27(22)28)20(2)16-21-6-4-8-24(29)17-21/h4,6,8,10-11,17,20,25-27,29-30H,1,5,7,9,12-16,18H2,2-3H3. The minimum atomic E-state index is -0.203. The predicted molar refractivity (Wildman–Crippen MR) is 124 cm³/mol. The van der Waals surface area contributed by atoms with Crippen molar-refractivity contribution in [2.45, 2.75) is 77.7 Å². The van der Waals surface area contributed by atoms with E-state index in [-0.39, 0.29) is 6.10 Å². The number of aliphatic hydroxyl groups is 1. The topological polar surface area (TPSA) is 40.5 Å². The number of hydrogen-bond donors (Lipinski definition) is 2. The molecule has 3 aliphatic carbocycles. The summed E-state index contributed by atoms with van der Waals surface area (Å²) in [6.45, 7) is 9.18. The maximum absolute atomic E-state index is 10.0. The van der Waals surface area contributed by atoms with E-state index in [1.807, 2.05) is 12.1 Å². The summed E-state index contributed by atoms with van der Waals surface area (Å²) in [6.07, 6.45) is 14.5. The van der Waals surface area contributed by atoms with Crippen LogP contribution >= 0.6 is 0 Å². The quantitative estimate of drug-likeness (QED) is 0.581. The van der Waals surface area contributed by atoms with Crippen LogP contribution in [0.2, 0.25) is 0 Å². The molecule has 2 N–H and O–H groups in total. The van der Waals surface area contributed by atoms with Gasteiger partial charge in [-0.2, -0.15) is 0 Å².